The lowest BCUT2D eigenvalue weighted by molar-refractivity contribution is 0.102. The highest BCUT2D eigenvalue weighted by Gasteiger charge is 2.20. The normalized spacial score (nSPS) is 11.8. The van der Waals surface area contributed by atoms with Crippen molar-refractivity contribution in [2.24, 2.45) is 0 Å². The molecule has 1 aliphatic rings. The quantitative estimate of drug-likeness (QED) is 0.256. The van der Waals surface area contributed by atoms with Crippen LogP contribution < -0.4 is 4.74 Å². The van der Waals surface area contributed by atoms with Crippen LogP contribution in [0.15, 0.2) is 76.4 Å². The monoisotopic (exact) mass is 432 g/mol. The highest BCUT2D eigenvalue weighted by molar-refractivity contribution is 7.99. The van der Waals surface area contributed by atoms with E-state index >= 15 is 0 Å². The number of Topliss-reactive ketones (excluding diaryl/α,β-unsaturated/α-hetero) is 1. The first kappa shape index (κ1) is 19.5. The number of thioether (sulfide) groups is 1. The van der Waals surface area contributed by atoms with Crippen molar-refractivity contribution >= 4 is 17.5 Å². The summed E-state index contributed by atoms with van der Waals surface area (Å²) in [6.07, 6.45) is 0.902. The van der Waals surface area contributed by atoms with E-state index in [0.717, 1.165) is 12.0 Å². The molecule has 7 heteroatoms. The molecule has 0 amide bonds. The second kappa shape index (κ2) is 8.35. The number of ketones is 1. The van der Waals surface area contributed by atoms with Gasteiger partial charge >= 0.3 is 0 Å². The molecule has 1 heterocycles. The van der Waals surface area contributed by atoms with Crippen LogP contribution in [-0.2, 0) is 13.0 Å². The van der Waals surface area contributed by atoms with Crippen LogP contribution in [0.3, 0.4) is 0 Å². The minimum absolute atomic E-state index is 0.000469. The molecular weight excluding hydrogens is 415 g/mol. The highest BCUT2D eigenvalue weighted by Crippen LogP contribution is 2.37. The maximum absolute atomic E-state index is 12.9. The fraction of sp³-hybridized carbons (Fsp3) is 0.125. The van der Waals surface area contributed by atoms with Gasteiger partial charge in [-0.05, 0) is 59.0 Å². The number of carbonyl (C=O) groups is 1. The highest BCUT2D eigenvalue weighted by atomic mass is 32.2. The van der Waals surface area contributed by atoms with Gasteiger partial charge in [-0.25, -0.2) is 4.39 Å². The van der Waals surface area contributed by atoms with Crippen molar-refractivity contribution in [1.82, 2.24) is 10.2 Å². The van der Waals surface area contributed by atoms with Crippen LogP contribution >= 0.6 is 11.8 Å². The van der Waals surface area contributed by atoms with Crippen LogP contribution in [0.1, 0.15) is 27.4 Å². The molecular formula is C24H17FN2O3S. The van der Waals surface area contributed by atoms with E-state index in [1.165, 1.54) is 52.7 Å². The number of halogens is 1. The number of fused-ring (bicyclic) bond motifs is 3. The van der Waals surface area contributed by atoms with E-state index in [-0.39, 0.29) is 29.9 Å². The van der Waals surface area contributed by atoms with Gasteiger partial charge in [0.25, 0.3) is 11.1 Å². The standard InChI is InChI=1S/C24H17FN2O3S/c25-18-7-9-19(10-8-18)29-13-23-26-27-24(30-23)31-14-22(28)17-6-5-16-11-15-3-1-2-4-20(15)21(16)12-17/h1-10,12H,11,13-14H2. The van der Waals surface area contributed by atoms with Crippen molar-refractivity contribution in [2.45, 2.75) is 18.3 Å². The largest absolute Gasteiger partial charge is 0.484 e. The lowest BCUT2D eigenvalue weighted by Crippen LogP contribution is -2.02. The molecule has 0 saturated heterocycles. The third-order valence-electron chi connectivity index (χ3n) is 5.07. The van der Waals surface area contributed by atoms with Gasteiger partial charge in [0.2, 0.25) is 0 Å². The molecule has 154 valence electrons. The number of ether oxygens (including phenoxy) is 1. The number of nitrogens with zero attached hydrogens (tertiary/aromatic N) is 2. The molecule has 1 aliphatic carbocycles. The van der Waals surface area contributed by atoms with Crippen LogP contribution in [0.2, 0.25) is 0 Å². The number of hydrogen-bond acceptors (Lipinski definition) is 6. The Morgan fingerprint density at radius 1 is 1.00 bits per heavy atom. The first-order valence-electron chi connectivity index (χ1n) is 9.74. The number of carbonyl (C=O) groups excluding carboxylic acids is 1. The summed E-state index contributed by atoms with van der Waals surface area (Å²) >= 11 is 1.19. The van der Waals surface area contributed by atoms with E-state index < -0.39 is 0 Å². The summed E-state index contributed by atoms with van der Waals surface area (Å²) in [5.74, 6) is 0.650. The molecule has 0 unspecified atom stereocenters. The van der Waals surface area contributed by atoms with Crippen molar-refractivity contribution in [3.63, 3.8) is 0 Å². The molecule has 5 rings (SSSR count). The Morgan fingerprint density at radius 3 is 2.68 bits per heavy atom. The Hall–Kier alpha value is -3.45. The van der Waals surface area contributed by atoms with Crippen molar-refractivity contribution in [1.29, 1.82) is 0 Å². The molecule has 31 heavy (non-hydrogen) atoms. The fourth-order valence-electron chi connectivity index (χ4n) is 3.54. The van der Waals surface area contributed by atoms with Gasteiger partial charge in [0.15, 0.2) is 12.4 Å². The average Bonchev–Trinajstić information content (AvgIpc) is 3.41. The number of rotatable bonds is 7. The summed E-state index contributed by atoms with van der Waals surface area (Å²) in [6, 6.07) is 19.8. The Balaban J connectivity index is 1.20. The molecule has 0 spiro atoms. The fourth-order valence-corrected chi connectivity index (χ4v) is 4.21. The first-order chi connectivity index (χ1) is 15.2. The van der Waals surface area contributed by atoms with Gasteiger partial charge in [-0.1, -0.05) is 48.2 Å². The maximum Gasteiger partial charge on any atom is 0.277 e. The van der Waals surface area contributed by atoms with E-state index in [1.807, 2.05) is 30.3 Å². The van der Waals surface area contributed by atoms with Crippen molar-refractivity contribution < 1.29 is 18.3 Å². The SMILES string of the molecule is O=C(CSc1nnc(COc2ccc(F)cc2)o1)c1ccc2c(c1)-c1ccccc1C2. The molecule has 0 N–H and O–H groups in total. The van der Waals surface area contributed by atoms with Gasteiger partial charge in [0.05, 0.1) is 5.75 Å². The Morgan fingerprint density at radius 2 is 1.81 bits per heavy atom. The molecule has 0 aliphatic heterocycles. The zero-order valence-corrected chi connectivity index (χ0v) is 17.2. The average molecular weight is 432 g/mol. The van der Waals surface area contributed by atoms with E-state index in [9.17, 15) is 9.18 Å². The Labute approximate surface area is 182 Å². The van der Waals surface area contributed by atoms with Gasteiger partial charge in [0, 0.05) is 5.56 Å². The summed E-state index contributed by atoms with van der Waals surface area (Å²) in [5, 5.41) is 8.18. The van der Waals surface area contributed by atoms with E-state index in [2.05, 4.69) is 22.3 Å². The molecule has 1 aromatic heterocycles. The minimum atomic E-state index is -0.332. The second-order valence-electron chi connectivity index (χ2n) is 7.12. The van der Waals surface area contributed by atoms with Crippen LogP contribution in [0.4, 0.5) is 4.39 Å². The molecule has 3 aromatic carbocycles. The number of hydrogen-bond donors (Lipinski definition) is 0. The Kier molecular flexibility index (Phi) is 5.26. The molecule has 0 fully saturated rings. The predicted molar refractivity (Wildman–Crippen MR) is 115 cm³/mol. The molecule has 4 aromatic rings. The Bertz CT molecular complexity index is 1250. The van der Waals surface area contributed by atoms with Gasteiger partial charge in [-0.2, -0.15) is 0 Å². The van der Waals surface area contributed by atoms with Crippen LogP contribution in [-0.4, -0.2) is 21.7 Å². The zero-order chi connectivity index (χ0) is 21.2. The van der Waals surface area contributed by atoms with Gasteiger partial charge in [-0.3, -0.25) is 4.79 Å². The van der Waals surface area contributed by atoms with E-state index in [1.54, 1.807) is 0 Å². The third kappa shape index (κ3) is 4.22. The lowest BCUT2D eigenvalue weighted by atomic mass is 10.0. The summed E-state index contributed by atoms with van der Waals surface area (Å²) < 4.78 is 23.9. The van der Waals surface area contributed by atoms with Gasteiger partial charge in [-0.15, -0.1) is 10.2 Å². The van der Waals surface area contributed by atoms with E-state index in [0.29, 0.717) is 16.5 Å². The summed E-state index contributed by atoms with van der Waals surface area (Å²) in [4.78, 5) is 12.7. The molecule has 5 nitrogen and oxygen atoms in total. The molecule has 0 bridgehead atoms. The van der Waals surface area contributed by atoms with E-state index in [4.69, 9.17) is 9.15 Å². The minimum Gasteiger partial charge on any atom is -0.484 e. The van der Waals surface area contributed by atoms with Crippen molar-refractivity contribution in [3.8, 4) is 16.9 Å². The van der Waals surface area contributed by atoms with Gasteiger partial charge in [0.1, 0.15) is 11.6 Å². The second-order valence-corrected chi connectivity index (χ2v) is 8.05. The first-order valence-corrected chi connectivity index (χ1v) is 10.7. The topological polar surface area (TPSA) is 65.2 Å². The number of benzene rings is 3. The molecule has 0 atom stereocenters. The van der Waals surface area contributed by atoms with Crippen LogP contribution in [0.5, 0.6) is 5.75 Å². The summed E-state index contributed by atoms with van der Waals surface area (Å²) in [6.45, 7) is 0.0668. The summed E-state index contributed by atoms with van der Waals surface area (Å²) in [7, 11) is 0. The smallest absolute Gasteiger partial charge is 0.277 e. The predicted octanol–water partition coefficient (Wildman–Crippen LogP) is 5.33. The van der Waals surface area contributed by atoms with Crippen LogP contribution in [0, 0.1) is 5.82 Å². The van der Waals surface area contributed by atoms with Crippen molar-refractivity contribution in [2.75, 3.05) is 5.75 Å². The number of aromatic nitrogens is 2. The molecule has 0 radical (unpaired) electrons. The zero-order valence-electron chi connectivity index (χ0n) is 16.4. The summed E-state index contributed by atoms with van der Waals surface area (Å²) in [5.41, 5.74) is 5.53. The van der Waals surface area contributed by atoms with Crippen LogP contribution in [0.25, 0.3) is 11.1 Å². The maximum atomic E-state index is 12.9. The van der Waals surface area contributed by atoms with Gasteiger partial charge < -0.3 is 9.15 Å². The molecule has 0 saturated carbocycles. The van der Waals surface area contributed by atoms with Crippen molar-refractivity contribution in [3.05, 3.63) is 95.1 Å². The lowest BCUT2D eigenvalue weighted by Gasteiger charge is -2.04. The third-order valence-corrected chi connectivity index (χ3v) is 5.89.